The Hall–Kier alpha value is -1.14. The van der Waals surface area contributed by atoms with Crippen LogP contribution < -0.4 is 0 Å². The van der Waals surface area contributed by atoms with Crippen LogP contribution in [0.2, 0.25) is 0 Å². The zero-order valence-electron chi connectivity index (χ0n) is 11.9. The molecule has 114 valence electrons. The molecule has 1 aromatic carbocycles. The number of hydrogen-bond donors (Lipinski definition) is 1. The lowest BCUT2D eigenvalue weighted by molar-refractivity contribution is 0.0697. The van der Waals surface area contributed by atoms with Crippen LogP contribution in [0.4, 0.5) is 0 Å². The molecule has 0 aromatic heterocycles. The van der Waals surface area contributed by atoms with Gasteiger partial charge in [0.15, 0.2) is 0 Å². The van der Waals surface area contributed by atoms with E-state index in [0.717, 1.165) is 25.2 Å². The van der Waals surface area contributed by atoms with Crippen molar-refractivity contribution in [1.29, 1.82) is 0 Å². The zero-order valence-corrected chi connectivity index (χ0v) is 12.7. The number of aromatic carboxylic acids is 1. The molecule has 0 spiro atoms. The Morgan fingerprint density at radius 1 is 1.10 bits per heavy atom. The van der Waals surface area contributed by atoms with Crippen molar-refractivity contribution in [2.75, 3.05) is 40.5 Å². The van der Waals surface area contributed by atoms with Crippen LogP contribution in [0.1, 0.15) is 15.9 Å². The van der Waals surface area contributed by atoms with E-state index in [4.69, 9.17) is 14.6 Å². The molecule has 0 saturated carbocycles. The number of benzene rings is 1. The summed E-state index contributed by atoms with van der Waals surface area (Å²) in [5.74, 6) is -0.901. The molecule has 0 heterocycles. The van der Waals surface area contributed by atoms with Gasteiger partial charge >= 0.3 is 5.97 Å². The van der Waals surface area contributed by atoms with E-state index < -0.39 is 5.97 Å². The maximum absolute atomic E-state index is 10.8. The van der Waals surface area contributed by atoms with Crippen LogP contribution in [0.5, 0.6) is 0 Å². The van der Waals surface area contributed by atoms with E-state index in [1.165, 1.54) is 0 Å². The van der Waals surface area contributed by atoms with Crippen molar-refractivity contribution in [2.45, 2.75) is 6.54 Å². The second-order valence-corrected chi connectivity index (χ2v) is 4.26. The van der Waals surface area contributed by atoms with Gasteiger partial charge in [0.25, 0.3) is 0 Å². The molecular weight excluding hydrogens is 282 g/mol. The lowest BCUT2D eigenvalue weighted by atomic mass is 10.1. The van der Waals surface area contributed by atoms with Crippen molar-refractivity contribution < 1.29 is 19.4 Å². The number of carbonyl (C=O) groups is 1. The molecule has 6 heteroatoms. The summed E-state index contributed by atoms with van der Waals surface area (Å²) in [6.45, 7) is 3.72. The number of carboxylic acids is 1. The lowest BCUT2D eigenvalue weighted by Gasteiger charge is -2.21. The van der Waals surface area contributed by atoms with Crippen LogP contribution in [-0.4, -0.2) is 56.5 Å². The van der Waals surface area contributed by atoms with Gasteiger partial charge in [-0.2, -0.15) is 0 Å². The minimum Gasteiger partial charge on any atom is -0.478 e. The van der Waals surface area contributed by atoms with Gasteiger partial charge in [0, 0.05) is 33.9 Å². The average Bonchev–Trinajstić information content (AvgIpc) is 2.42. The highest BCUT2D eigenvalue weighted by atomic mass is 35.5. The van der Waals surface area contributed by atoms with Crippen molar-refractivity contribution in [2.24, 2.45) is 0 Å². The fourth-order valence-electron chi connectivity index (χ4n) is 1.72. The minimum absolute atomic E-state index is 0. The summed E-state index contributed by atoms with van der Waals surface area (Å²) >= 11 is 0. The molecule has 1 aromatic rings. The highest BCUT2D eigenvalue weighted by Crippen LogP contribution is 2.07. The van der Waals surface area contributed by atoms with Crippen LogP contribution in [0, 0.1) is 0 Å². The van der Waals surface area contributed by atoms with E-state index in [1.807, 2.05) is 12.1 Å². The quantitative estimate of drug-likeness (QED) is 0.755. The number of methoxy groups -OCH3 is 2. The molecule has 0 aliphatic carbocycles. The molecule has 0 aliphatic heterocycles. The summed E-state index contributed by atoms with van der Waals surface area (Å²) < 4.78 is 10.2. The normalized spacial score (nSPS) is 10.3. The molecule has 0 atom stereocenters. The SMILES string of the molecule is COCCN(CCOC)Cc1ccc(C(=O)O)cc1.Cl. The topological polar surface area (TPSA) is 59.0 Å². The second-order valence-electron chi connectivity index (χ2n) is 4.26. The highest BCUT2D eigenvalue weighted by molar-refractivity contribution is 5.87. The summed E-state index contributed by atoms with van der Waals surface area (Å²) in [7, 11) is 3.35. The summed E-state index contributed by atoms with van der Waals surface area (Å²) in [5.41, 5.74) is 1.39. The fraction of sp³-hybridized carbons (Fsp3) is 0.500. The Bertz CT molecular complexity index is 375. The van der Waals surface area contributed by atoms with Crippen molar-refractivity contribution in [3.05, 3.63) is 35.4 Å². The largest absolute Gasteiger partial charge is 0.478 e. The Labute approximate surface area is 125 Å². The standard InChI is InChI=1S/C14H21NO4.ClH/c1-18-9-7-15(8-10-19-2)11-12-3-5-13(6-4-12)14(16)17;/h3-6H,7-11H2,1-2H3,(H,16,17);1H. The fourth-order valence-corrected chi connectivity index (χ4v) is 1.72. The summed E-state index contributed by atoms with van der Waals surface area (Å²) in [6, 6.07) is 6.94. The first-order chi connectivity index (χ1) is 9.17. The van der Waals surface area contributed by atoms with Gasteiger partial charge in [-0.05, 0) is 17.7 Å². The Balaban J connectivity index is 0.00000361. The van der Waals surface area contributed by atoms with Crippen LogP contribution >= 0.6 is 12.4 Å². The number of rotatable bonds is 9. The first-order valence-electron chi connectivity index (χ1n) is 6.20. The first kappa shape index (κ1) is 18.9. The smallest absolute Gasteiger partial charge is 0.335 e. The Morgan fingerprint density at radius 3 is 2.00 bits per heavy atom. The van der Waals surface area contributed by atoms with Gasteiger partial charge in [0.05, 0.1) is 18.8 Å². The molecule has 5 nitrogen and oxygen atoms in total. The molecular formula is C14H22ClNO4. The van der Waals surface area contributed by atoms with Gasteiger partial charge in [0.2, 0.25) is 0 Å². The number of nitrogens with zero attached hydrogens (tertiary/aromatic N) is 1. The van der Waals surface area contributed by atoms with Crippen LogP contribution in [0.15, 0.2) is 24.3 Å². The van der Waals surface area contributed by atoms with E-state index in [-0.39, 0.29) is 12.4 Å². The van der Waals surface area contributed by atoms with Gasteiger partial charge in [-0.1, -0.05) is 12.1 Å². The summed E-state index contributed by atoms with van der Waals surface area (Å²) in [5, 5.41) is 8.85. The summed E-state index contributed by atoms with van der Waals surface area (Å²) in [4.78, 5) is 13.0. The molecule has 1 rings (SSSR count). The third-order valence-corrected chi connectivity index (χ3v) is 2.83. The van der Waals surface area contributed by atoms with Gasteiger partial charge in [-0.3, -0.25) is 4.90 Å². The van der Waals surface area contributed by atoms with E-state index in [2.05, 4.69) is 4.90 Å². The first-order valence-corrected chi connectivity index (χ1v) is 6.20. The van der Waals surface area contributed by atoms with Gasteiger partial charge < -0.3 is 14.6 Å². The minimum atomic E-state index is -0.901. The predicted molar refractivity (Wildman–Crippen MR) is 79.7 cm³/mol. The van der Waals surface area contributed by atoms with Gasteiger partial charge in [-0.15, -0.1) is 12.4 Å². The molecule has 0 amide bonds. The number of carboxylic acid groups (broad SMARTS) is 1. The van der Waals surface area contributed by atoms with Crippen molar-refractivity contribution in [1.82, 2.24) is 4.90 Å². The van der Waals surface area contributed by atoms with Crippen molar-refractivity contribution in [3.8, 4) is 0 Å². The van der Waals surface area contributed by atoms with Crippen LogP contribution in [0.3, 0.4) is 0 Å². The molecule has 1 N–H and O–H groups in total. The Morgan fingerprint density at radius 2 is 1.60 bits per heavy atom. The highest BCUT2D eigenvalue weighted by Gasteiger charge is 2.07. The van der Waals surface area contributed by atoms with E-state index in [1.54, 1.807) is 26.4 Å². The monoisotopic (exact) mass is 303 g/mol. The Kier molecular flexibility index (Phi) is 10.0. The van der Waals surface area contributed by atoms with E-state index in [9.17, 15) is 4.79 Å². The average molecular weight is 304 g/mol. The third kappa shape index (κ3) is 6.86. The molecule has 20 heavy (non-hydrogen) atoms. The van der Waals surface area contributed by atoms with Gasteiger partial charge in [-0.25, -0.2) is 4.79 Å². The molecule has 0 aliphatic rings. The van der Waals surface area contributed by atoms with Crippen LogP contribution in [0.25, 0.3) is 0 Å². The maximum Gasteiger partial charge on any atom is 0.335 e. The summed E-state index contributed by atoms with van der Waals surface area (Å²) in [6.07, 6.45) is 0. The van der Waals surface area contributed by atoms with Crippen molar-refractivity contribution >= 4 is 18.4 Å². The van der Waals surface area contributed by atoms with E-state index in [0.29, 0.717) is 18.8 Å². The molecule has 0 unspecified atom stereocenters. The maximum atomic E-state index is 10.8. The van der Waals surface area contributed by atoms with Crippen molar-refractivity contribution in [3.63, 3.8) is 0 Å². The lowest BCUT2D eigenvalue weighted by Crippen LogP contribution is -2.30. The van der Waals surface area contributed by atoms with Gasteiger partial charge in [0.1, 0.15) is 0 Å². The predicted octanol–water partition coefficient (Wildman–Crippen LogP) is 1.90. The number of hydrogen-bond acceptors (Lipinski definition) is 4. The number of ether oxygens (including phenoxy) is 2. The number of halogens is 1. The zero-order chi connectivity index (χ0) is 14.1. The third-order valence-electron chi connectivity index (χ3n) is 2.83. The second kappa shape index (κ2) is 10.6. The molecule has 0 saturated heterocycles. The van der Waals surface area contributed by atoms with E-state index >= 15 is 0 Å². The van der Waals surface area contributed by atoms with Crippen LogP contribution in [-0.2, 0) is 16.0 Å². The molecule has 0 bridgehead atoms. The molecule has 0 fully saturated rings. The molecule has 0 radical (unpaired) electrons.